The maximum atomic E-state index is 15.5. The molecule has 1 aliphatic heterocycles. The Balaban J connectivity index is 0.936. The molecule has 1 fully saturated rings. The summed E-state index contributed by atoms with van der Waals surface area (Å²) in [6, 6.07) is 21.1. The molecule has 0 amide bonds. The van der Waals surface area contributed by atoms with E-state index in [0.717, 1.165) is 11.4 Å². The summed E-state index contributed by atoms with van der Waals surface area (Å²) in [4.78, 5) is 24.0. The molecule has 1 N–H and O–H groups in total. The zero-order chi connectivity index (χ0) is 43.6. The van der Waals surface area contributed by atoms with Gasteiger partial charge in [0, 0.05) is 65.4 Å². The number of hydrogen-bond acceptors (Lipinski definition) is 16. The lowest BCUT2D eigenvalue weighted by atomic mass is 10.1. The van der Waals surface area contributed by atoms with E-state index in [4.69, 9.17) is 18.5 Å². The number of benzene rings is 4. The normalized spacial score (nSPS) is 13.8. The summed E-state index contributed by atoms with van der Waals surface area (Å²) in [5.41, 5.74) is 2.24. The molecule has 0 bridgehead atoms. The van der Waals surface area contributed by atoms with E-state index in [1.807, 2.05) is 19.1 Å². The number of hydroxylamine groups is 2. The molecule has 3 aromatic heterocycles. The molecule has 8 rings (SSSR count). The van der Waals surface area contributed by atoms with Crippen LogP contribution in [0.15, 0.2) is 126 Å². The first-order valence-corrected chi connectivity index (χ1v) is 21.7. The van der Waals surface area contributed by atoms with Gasteiger partial charge in [-0.05, 0) is 62.2 Å². The van der Waals surface area contributed by atoms with Crippen LogP contribution in [-0.2, 0) is 33.5 Å². The largest absolute Gasteiger partial charge is 0.493 e. The van der Waals surface area contributed by atoms with Crippen molar-refractivity contribution in [3.8, 4) is 28.8 Å². The Labute approximate surface area is 354 Å². The number of ether oxygens (including phenoxy) is 3. The lowest BCUT2D eigenvalue weighted by molar-refractivity contribution is -0.128. The van der Waals surface area contributed by atoms with Crippen molar-refractivity contribution >= 4 is 59.4 Å². The number of aromatic nitrogens is 5. The number of nitrogens with zero attached hydrogens (tertiary/aromatic N) is 6. The molecule has 0 saturated carbocycles. The van der Waals surface area contributed by atoms with Gasteiger partial charge < -0.3 is 23.7 Å². The number of anilines is 2. The van der Waals surface area contributed by atoms with Crippen LogP contribution in [0.25, 0.3) is 27.4 Å². The highest BCUT2D eigenvalue weighted by Crippen LogP contribution is 2.38. The maximum Gasteiger partial charge on any atom is 0.346 e. The fourth-order valence-corrected chi connectivity index (χ4v) is 8.95. The van der Waals surface area contributed by atoms with E-state index in [1.165, 1.54) is 67.0 Å². The predicted molar refractivity (Wildman–Crippen MR) is 223 cm³/mol. The molecule has 0 atom stereocenters. The third-order valence-electron chi connectivity index (χ3n) is 9.70. The van der Waals surface area contributed by atoms with Gasteiger partial charge >= 0.3 is 26.2 Å². The van der Waals surface area contributed by atoms with Gasteiger partial charge in [-0.25, -0.2) is 23.8 Å². The van der Waals surface area contributed by atoms with E-state index in [1.54, 1.807) is 41.3 Å². The molecule has 1 saturated heterocycles. The number of pyridine rings is 1. The van der Waals surface area contributed by atoms with Crippen LogP contribution in [0.5, 0.6) is 23.1 Å². The van der Waals surface area contributed by atoms with Crippen LogP contribution < -0.4 is 19.5 Å². The Morgan fingerprint density at radius 3 is 2.29 bits per heavy atom. The quantitative estimate of drug-likeness (QED) is 0.0868. The third kappa shape index (κ3) is 8.89. The van der Waals surface area contributed by atoms with Crippen molar-refractivity contribution in [3.05, 3.63) is 128 Å². The van der Waals surface area contributed by atoms with Crippen molar-refractivity contribution in [3.63, 3.8) is 0 Å². The van der Waals surface area contributed by atoms with E-state index < -0.39 is 43.0 Å². The molecule has 0 radical (unpaired) electrons. The molecule has 4 aromatic carbocycles. The number of rotatable bonds is 14. The number of nitrogens with one attached hydrogen (secondary N) is 1. The number of hydrogen-bond donors (Lipinski definition) is 1. The molecule has 20 heteroatoms. The zero-order valence-electron chi connectivity index (χ0n) is 33.0. The topological polar surface area (TPSA) is 203 Å². The summed E-state index contributed by atoms with van der Waals surface area (Å²) in [6.07, 6.45) is 5.75. The average molecular weight is 882 g/mol. The van der Waals surface area contributed by atoms with Crippen molar-refractivity contribution in [2.75, 3.05) is 25.5 Å². The molecule has 7 aromatic rings. The van der Waals surface area contributed by atoms with Gasteiger partial charge in [-0.1, -0.05) is 30.8 Å². The van der Waals surface area contributed by atoms with Crippen LogP contribution in [0.2, 0.25) is 0 Å². The van der Waals surface area contributed by atoms with E-state index in [9.17, 15) is 21.6 Å². The smallest absolute Gasteiger partial charge is 0.346 e. The molecule has 62 heavy (non-hydrogen) atoms. The van der Waals surface area contributed by atoms with Crippen molar-refractivity contribution in [1.29, 1.82) is 0 Å². The maximum absolute atomic E-state index is 15.5. The second-order valence-corrected chi connectivity index (χ2v) is 16.8. The summed E-state index contributed by atoms with van der Waals surface area (Å²) >= 11 is 0. The number of aryl methyl sites for hydroxylation is 1. The third-order valence-corrected chi connectivity index (χ3v) is 12.3. The number of halogens is 1. The van der Waals surface area contributed by atoms with Crippen LogP contribution in [0.3, 0.4) is 0 Å². The molecular weight excluding hydrogens is 846 g/mol. The van der Waals surface area contributed by atoms with Crippen LogP contribution in [0.1, 0.15) is 18.5 Å². The Kier molecular flexibility index (Phi) is 11.6. The van der Waals surface area contributed by atoms with E-state index in [2.05, 4.69) is 36.1 Å². The minimum absolute atomic E-state index is 0.0137. The highest BCUT2D eigenvalue weighted by Gasteiger charge is 2.30. The second kappa shape index (κ2) is 17.2. The first-order valence-electron chi connectivity index (χ1n) is 18.8. The lowest BCUT2D eigenvalue weighted by Crippen LogP contribution is -2.39. The monoisotopic (exact) mass is 881 g/mol. The van der Waals surface area contributed by atoms with Gasteiger partial charge in [0.1, 0.15) is 39.6 Å². The molecule has 0 spiro atoms. The molecule has 4 heterocycles. The second-order valence-electron chi connectivity index (χ2n) is 13.8. The van der Waals surface area contributed by atoms with Gasteiger partial charge in [0.15, 0.2) is 11.5 Å². The summed E-state index contributed by atoms with van der Waals surface area (Å²) in [6.45, 7) is 5.41. The minimum Gasteiger partial charge on any atom is -0.493 e. The van der Waals surface area contributed by atoms with Gasteiger partial charge in [-0.15, -0.1) is 5.10 Å². The van der Waals surface area contributed by atoms with Gasteiger partial charge in [0.2, 0.25) is 5.88 Å². The average Bonchev–Trinajstić information content (AvgIpc) is 3.73. The van der Waals surface area contributed by atoms with Gasteiger partial charge in [0.25, 0.3) is 0 Å². The molecule has 1 aliphatic rings. The van der Waals surface area contributed by atoms with Crippen LogP contribution in [0, 0.1) is 12.7 Å². The minimum atomic E-state index is -4.60. The number of carbonyl (C=O) groups excluding carboxylic acids is 1. The van der Waals surface area contributed by atoms with Crippen LogP contribution >= 0.6 is 0 Å². The first-order chi connectivity index (χ1) is 29.8. The molecular formula is C42H36FN7O10S2. The van der Waals surface area contributed by atoms with Gasteiger partial charge in [0.05, 0.1) is 30.2 Å². The van der Waals surface area contributed by atoms with Crippen molar-refractivity contribution in [1.82, 2.24) is 29.8 Å². The van der Waals surface area contributed by atoms with Crippen LogP contribution in [0.4, 0.5) is 15.9 Å². The predicted octanol–water partition coefficient (Wildman–Crippen LogP) is 6.94. The summed E-state index contributed by atoms with van der Waals surface area (Å²) in [7, 11) is -7.57. The Bertz CT molecular complexity index is 3070. The van der Waals surface area contributed by atoms with E-state index in [-0.39, 0.29) is 46.1 Å². The first kappa shape index (κ1) is 41.7. The highest BCUT2D eigenvalue weighted by molar-refractivity contribution is 7.87. The molecule has 0 aliphatic carbocycles. The highest BCUT2D eigenvalue weighted by atomic mass is 32.2. The fourth-order valence-electron chi connectivity index (χ4n) is 6.68. The Hall–Kier alpha value is -7.00. The number of fused-ring (bicyclic) bond motifs is 2. The number of carbonyl (C=O) groups is 1. The van der Waals surface area contributed by atoms with Crippen molar-refractivity contribution in [2.45, 2.75) is 35.7 Å². The zero-order valence-corrected chi connectivity index (χ0v) is 34.6. The van der Waals surface area contributed by atoms with Crippen molar-refractivity contribution in [2.24, 2.45) is 0 Å². The summed E-state index contributed by atoms with van der Waals surface area (Å²) in [5.74, 6) is -0.263. The summed E-state index contributed by atoms with van der Waals surface area (Å²) in [5, 5.41) is 9.29. The van der Waals surface area contributed by atoms with Crippen molar-refractivity contribution < 1.29 is 48.7 Å². The molecule has 17 nitrogen and oxygen atoms in total. The molecule has 0 unspecified atom stereocenters. The van der Waals surface area contributed by atoms with E-state index in [0.29, 0.717) is 47.1 Å². The fraction of sp³-hybridized carbons (Fsp3) is 0.167. The number of piperidine rings is 1. The molecule has 318 valence electrons. The van der Waals surface area contributed by atoms with Gasteiger partial charge in [-0.3, -0.25) is 4.98 Å². The number of methoxy groups -OCH3 is 1. The standard InChI is InChI=1S/C42H36FN7O10S2/c1-4-41(51)59-61(52,53)38-9-5-8-31-30(38)7-6-10-39(31)62(54,55)60-49-18-15-28(16-19-49)57-37-22-32-35(23-36(37)56-3)45-25-46-42(32)47-34-14-13-29(21-33(34)43)58-40-17-20-50(48-40)27-12-11-26(2)44-24-27/h4-14,17,20-25,28H,1,15-16,18-19H2,2-3H3,(H,45,46,47). The Morgan fingerprint density at radius 2 is 1.61 bits per heavy atom. The SMILES string of the molecule is C=CC(=O)OS(=O)(=O)c1cccc2c(S(=O)(=O)ON3CCC(Oc4cc5c(Nc6ccc(Oc7ccn(-c8ccc(C)nc8)n7)cc6F)ncnc5cc4OC)CC3)cccc12. The summed E-state index contributed by atoms with van der Waals surface area (Å²) < 4.78 is 97.9. The van der Waals surface area contributed by atoms with Crippen LogP contribution in [-0.4, -0.2) is 78.9 Å². The lowest BCUT2D eigenvalue weighted by Gasteiger charge is -2.31. The van der Waals surface area contributed by atoms with E-state index >= 15 is 4.39 Å². The van der Waals surface area contributed by atoms with Gasteiger partial charge in [-0.2, -0.15) is 26.2 Å². The Morgan fingerprint density at radius 1 is 0.871 bits per heavy atom.